The van der Waals surface area contributed by atoms with Gasteiger partial charge in [-0.05, 0) is 43.7 Å². The topological polar surface area (TPSA) is 66.0 Å². The van der Waals surface area contributed by atoms with E-state index in [1.807, 2.05) is 0 Å². The molecule has 1 atom stereocenters. The maximum atomic E-state index is 13.5. The summed E-state index contributed by atoms with van der Waals surface area (Å²) in [6.45, 7) is 1.12. The van der Waals surface area contributed by atoms with Crippen LogP contribution in [0.25, 0.3) is 0 Å². The number of benzene rings is 1. The normalized spacial score (nSPS) is 17.2. The summed E-state index contributed by atoms with van der Waals surface area (Å²) in [5, 5.41) is 9.02. The number of amides is 1. The smallest absolute Gasteiger partial charge is 0.350 e. The standard InChI is InChI=1S/C19H20ClF3N4O/c20-12-4-3-6-13(8-12)27-17-9-16(19(21,22)23)15(11-25-17)18(28)26-10-14-5-1-2-7-24-14/h3-4,6,8-9,11,14,24H,1-2,5,7,10H2,(H,25,27)(H,26,28). The van der Waals surface area contributed by atoms with Crippen LogP contribution in [0, 0.1) is 0 Å². The molecule has 9 heteroatoms. The van der Waals surface area contributed by atoms with Crippen molar-refractivity contribution in [1.82, 2.24) is 15.6 Å². The van der Waals surface area contributed by atoms with Gasteiger partial charge in [-0.25, -0.2) is 4.98 Å². The Morgan fingerprint density at radius 2 is 2.11 bits per heavy atom. The summed E-state index contributed by atoms with van der Waals surface area (Å²) in [4.78, 5) is 16.3. The molecule has 150 valence electrons. The van der Waals surface area contributed by atoms with Gasteiger partial charge in [-0.3, -0.25) is 4.79 Å². The van der Waals surface area contributed by atoms with Crippen molar-refractivity contribution < 1.29 is 18.0 Å². The molecular weight excluding hydrogens is 393 g/mol. The Hall–Kier alpha value is -2.32. The summed E-state index contributed by atoms with van der Waals surface area (Å²) in [6, 6.07) is 7.43. The number of hydrogen-bond acceptors (Lipinski definition) is 4. The van der Waals surface area contributed by atoms with Crippen LogP contribution in [-0.2, 0) is 6.18 Å². The molecule has 5 nitrogen and oxygen atoms in total. The van der Waals surface area contributed by atoms with E-state index in [0.29, 0.717) is 10.7 Å². The molecule has 0 radical (unpaired) electrons. The van der Waals surface area contributed by atoms with E-state index in [9.17, 15) is 18.0 Å². The van der Waals surface area contributed by atoms with Crippen LogP contribution in [0.4, 0.5) is 24.7 Å². The van der Waals surface area contributed by atoms with Crippen molar-refractivity contribution in [3.05, 3.63) is 52.7 Å². The van der Waals surface area contributed by atoms with Crippen molar-refractivity contribution in [3.63, 3.8) is 0 Å². The van der Waals surface area contributed by atoms with Gasteiger partial charge >= 0.3 is 6.18 Å². The molecule has 2 aromatic rings. The lowest BCUT2D eigenvalue weighted by molar-refractivity contribution is -0.137. The highest BCUT2D eigenvalue weighted by atomic mass is 35.5. The monoisotopic (exact) mass is 412 g/mol. The number of aromatic nitrogens is 1. The molecule has 1 aliphatic rings. The van der Waals surface area contributed by atoms with Crippen LogP contribution in [0.1, 0.15) is 35.2 Å². The minimum atomic E-state index is -4.69. The highest BCUT2D eigenvalue weighted by Gasteiger charge is 2.36. The molecule has 1 unspecified atom stereocenters. The van der Waals surface area contributed by atoms with Crippen LogP contribution in [0.15, 0.2) is 36.5 Å². The van der Waals surface area contributed by atoms with Crippen LogP contribution < -0.4 is 16.0 Å². The zero-order chi connectivity index (χ0) is 20.1. The zero-order valence-corrected chi connectivity index (χ0v) is 15.7. The highest BCUT2D eigenvalue weighted by molar-refractivity contribution is 6.30. The molecule has 1 aromatic heterocycles. The molecular formula is C19H20ClF3N4O. The van der Waals surface area contributed by atoms with Gasteiger partial charge in [0.1, 0.15) is 5.82 Å². The zero-order valence-electron chi connectivity index (χ0n) is 14.9. The number of nitrogens with zero attached hydrogens (tertiary/aromatic N) is 1. The van der Waals surface area contributed by atoms with Gasteiger partial charge in [0.25, 0.3) is 5.91 Å². The van der Waals surface area contributed by atoms with E-state index in [4.69, 9.17) is 11.6 Å². The number of piperidine rings is 1. The van der Waals surface area contributed by atoms with Crippen LogP contribution in [-0.4, -0.2) is 30.0 Å². The van der Waals surface area contributed by atoms with Gasteiger partial charge in [-0.1, -0.05) is 24.1 Å². The third kappa shape index (κ3) is 5.36. The van der Waals surface area contributed by atoms with Crippen LogP contribution in [0.3, 0.4) is 0 Å². The molecule has 0 spiro atoms. The largest absolute Gasteiger partial charge is 0.417 e. The molecule has 0 bridgehead atoms. The van der Waals surface area contributed by atoms with E-state index in [0.717, 1.165) is 38.1 Å². The molecule has 0 saturated carbocycles. The van der Waals surface area contributed by atoms with E-state index < -0.39 is 23.2 Å². The average molecular weight is 413 g/mol. The molecule has 1 aromatic carbocycles. The van der Waals surface area contributed by atoms with Gasteiger partial charge < -0.3 is 16.0 Å². The second kappa shape index (κ2) is 8.79. The van der Waals surface area contributed by atoms with Crippen molar-refractivity contribution in [2.75, 3.05) is 18.4 Å². The lowest BCUT2D eigenvalue weighted by Crippen LogP contribution is -2.43. The quantitative estimate of drug-likeness (QED) is 0.682. The molecule has 2 heterocycles. The Balaban J connectivity index is 1.77. The first-order valence-electron chi connectivity index (χ1n) is 8.94. The second-order valence-electron chi connectivity index (χ2n) is 6.61. The molecule has 28 heavy (non-hydrogen) atoms. The number of pyridine rings is 1. The average Bonchev–Trinajstić information content (AvgIpc) is 2.66. The number of nitrogens with one attached hydrogen (secondary N) is 3. The molecule has 1 aliphatic heterocycles. The first kappa shape index (κ1) is 20.4. The Morgan fingerprint density at radius 3 is 2.79 bits per heavy atom. The van der Waals surface area contributed by atoms with Crippen molar-refractivity contribution in [2.45, 2.75) is 31.5 Å². The predicted octanol–water partition coefficient (Wildman–Crippen LogP) is 4.37. The van der Waals surface area contributed by atoms with Gasteiger partial charge in [0.05, 0.1) is 11.1 Å². The van der Waals surface area contributed by atoms with Crippen molar-refractivity contribution in [2.24, 2.45) is 0 Å². The number of alkyl halides is 3. The Morgan fingerprint density at radius 1 is 1.29 bits per heavy atom. The van der Waals surface area contributed by atoms with E-state index in [1.165, 1.54) is 0 Å². The van der Waals surface area contributed by atoms with Crippen LogP contribution in [0.2, 0.25) is 5.02 Å². The van der Waals surface area contributed by atoms with Crippen LogP contribution >= 0.6 is 11.6 Å². The fourth-order valence-corrected chi connectivity index (χ4v) is 3.25. The Labute approximate surface area is 165 Å². The second-order valence-corrected chi connectivity index (χ2v) is 7.04. The number of carbonyl (C=O) groups excluding carboxylic acids is 1. The van der Waals surface area contributed by atoms with E-state index >= 15 is 0 Å². The first-order chi connectivity index (χ1) is 13.3. The summed E-state index contributed by atoms with van der Waals surface area (Å²) < 4.78 is 40.6. The number of carbonyl (C=O) groups is 1. The number of hydrogen-bond donors (Lipinski definition) is 3. The minimum absolute atomic E-state index is 0.0277. The third-order valence-electron chi connectivity index (χ3n) is 4.47. The molecule has 1 saturated heterocycles. The maximum absolute atomic E-state index is 13.5. The predicted molar refractivity (Wildman–Crippen MR) is 102 cm³/mol. The summed E-state index contributed by atoms with van der Waals surface area (Å²) in [5.41, 5.74) is -1.05. The van der Waals surface area contributed by atoms with Gasteiger partial charge in [0, 0.05) is 29.5 Å². The van der Waals surface area contributed by atoms with Crippen molar-refractivity contribution in [1.29, 1.82) is 0 Å². The number of anilines is 2. The fraction of sp³-hybridized carbons (Fsp3) is 0.368. The SMILES string of the molecule is O=C(NCC1CCCCN1)c1cnc(Nc2cccc(Cl)c2)cc1C(F)(F)F. The maximum Gasteiger partial charge on any atom is 0.417 e. The van der Waals surface area contributed by atoms with Gasteiger partial charge in [0.2, 0.25) is 0 Å². The highest BCUT2D eigenvalue weighted by Crippen LogP contribution is 2.33. The van der Waals surface area contributed by atoms with E-state index in [2.05, 4.69) is 20.9 Å². The lowest BCUT2D eigenvalue weighted by Gasteiger charge is -2.24. The Bertz CT molecular complexity index is 838. The van der Waals surface area contributed by atoms with E-state index in [1.54, 1.807) is 24.3 Å². The van der Waals surface area contributed by atoms with Gasteiger partial charge in [0.15, 0.2) is 0 Å². The number of halogens is 4. The Kier molecular flexibility index (Phi) is 6.41. The van der Waals surface area contributed by atoms with Gasteiger partial charge in [-0.15, -0.1) is 0 Å². The summed E-state index contributed by atoms with van der Waals surface area (Å²) >= 11 is 5.88. The van der Waals surface area contributed by atoms with Crippen LogP contribution in [0.5, 0.6) is 0 Å². The number of rotatable bonds is 5. The first-order valence-corrected chi connectivity index (χ1v) is 9.32. The molecule has 3 N–H and O–H groups in total. The minimum Gasteiger partial charge on any atom is -0.350 e. The van der Waals surface area contributed by atoms with Crippen molar-refractivity contribution in [3.8, 4) is 0 Å². The van der Waals surface area contributed by atoms with E-state index in [-0.39, 0.29) is 18.4 Å². The molecule has 0 aliphatic carbocycles. The molecule has 1 fully saturated rings. The summed E-state index contributed by atoms with van der Waals surface area (Å²) in [5.74, 6) is -0.818. The van der Waals surface area contributed by atoms with Gasteiger partial charge in [-0.2, -0.15) is 13.2 Å². The third-order valence-corrected chi connectivity index (χ3v) is 4.71. The van der Waals surface area contributed by atoms with Crippen molar-refractivity contribution >= 4 is 29.0 Å². The lowest BCUT2D eigenvalue weighted by atomic mass is 10.0. The molecule has 3 rings (SSSR count). The fourth-order valence-electron chi connectivity index (χ4n) is 3.06. The summed E-state index contributed by atoms with van der Waals surface area (Å²) in [7, 11) is 0. The summed E-state index contributed by atoms with van der Waals surface area (Å²) in [6.07, 6.45) is -0.767. The molecule has 1 amide bonds.